The molecule has 0 radical (unpaired) electrons. The van der Waals surface area contributed by atoms with Crippen molar-refractivity contribution in [2.45, 2.75) is 44.1 Å². The second-order valence-corrected chi connectivity index (χ2v) is 15.7. The maximum absolute atomic E-state index is 13.8. The summed E-state index contributed by atoms with van der Waals surface area (Å²) in [4.78, 5) is 23.5. The van der Waals surface area contributed by atoms with Crippen molar-refractivity contribution in [1.82, 2.24) is 29.7 Å². The van der Waals surface area contributed by atoms with Gasteiger partial charge >= 0.3 is 21.9 Å². The third-order valence-electron chi connectivity index (χ3n) is 9.47. The molecular formula is C33H37BrF6N10O3S. The highest BCUT2D eigenvalue weighted by Gasteiger charge is 2.50. The van der Waals surface area contributed by atoms with Gasteiger partial charge in [-0.1, -0.05) is 6.92 Å². The van der Waals surface area contributed by atoms with Crippen molar-refractivity contribution in [3.05, 3.63) is 52.9 Å². The average Bonchev–Trinajstić information content (AvgIpc) is 3.12. The molecule has 21 heteroatoms. The van der Waals surface area contributed by atoms with E-state index in [0.29, 0.717) is 31.2 Å². The molecule has 292 valence electrons. The molecule has 2 aromatic heterocycles. The summed E-state index contributed by atoms with van der Waals surface area (Å²) in [6.07, 6.45) is 0.952. The van der Waals surface area contributed by atoms with Gasteiger partial charge in [0.1, 0.15) is 17.0 Å². The molecular weight excluding hydrogens is 810 g/mol. The Morgan fingerprint density at radius 2 is 1.63 bits per heavy atom. The monoisotopic (exact) mass is 846 g/mol. The van der Waals surface area contributed by atoms with Gasteiger partial charge in [0, 0.05) is 82.7 Å². The van der Waals surface area contributed by atoms with Crippen molar-refractivity contribution in [3.63, 3.8) is 0 Å². The van der Waals surface area contributed by atoms with Crippen LogP contribution in [0.15, 0.2) is 47.3 Å². The Morgan fingerprint density at radius 1 is 0.944 bits per heavy atom. The van der Waals surface area contributed by atoms with Gasteiger partial charge < -0.3 is 25.2 Å². The number of anilines is 6. The van der Waals surface area contributed by atoms with Crippen molar-refractivity contribution in [2.75, 3.05) is 73.2 Å². The molecule has 0 aliphatic carbocycles. The van der Waals surface area contributed by atoms with E-state index in [0.717, 1.165) is 51.6 Å². The highest BCUT2D eigenvalue weighted by Crippen LogP contribution is 2.42. The number of benzene rings is 2. The number of hydrogen-bond donors (Lipinski definition) is 2. The smallest absolute Gasteiger partial charge is 0.403 e. The van der Waals surface area contributed by atoms with Crippen LogP contribution in [0.25, 0.3) is 11.0 Å². The van der Waals surface area contributed by atoms with E-state index in [-0.39, 0.29) is 43.0 Å². The molecule has 2 saturated heterocycles. The molecule has 0 saturated carbocycles. The van der Waals surface area contributed by atoms with Gasteiger partial charge in [-0.15, -0.1) is 13.2 Å². The van der Waals surface area contributed by atoms with E-state index < -0.39 is 33.3 Å². The van der Waals surface area contributed by atoms with Crippen LogP contribution >= 0.6 is 15.9 Å². The third-order valence-corrected chi connectivity index (χ3v) is 11.5. The molecule has 0 atom stereocenters. The molecule has 0 unspecified atom stereocenters. The summed E-state index contributed by atoms with van der Waals surface area (Å²) in [6.45, 7) is 7.17. The van der Waals surface area contributed by atoms with E-state index >= 15 is 0 Å². The van der Waals surface area contributed by atoms with Crippen molar-refractivity contribution in [3.8, 4) is 5.75 Å². The van der Waals surface area contributed by atoms with Crippen LogP contribution in [0.3, 0.4) is 0 Å². The highest BCUT2D eigenvalue weighted by atomic mass is 79.9. The van der Waals surface area contributed by atoms with E-state index in [1.54, 1.807) is 6.07 Å². The zero-order valence-corrected chi connectivity index (χ0v) is 31.7. The Labute approximate surface area is 315 Å². The van der Waals surface area contributed by atoms with Crippen LogP contribution in [0, 0.1) is 0 Å². The summed E-state index contributed by atoms with van der Waals surface area (Å²) in [7, 11) is -3.06. The Balaban J connectivity index is 1.30. The first-order valence-corrected chi connectivity index (χ1v) is 19.1. The number of nitrogens with zero attached hydrogens (tertiary/aromatic N) is 8. The largest absolute Gasteiger partial charge is 0.573 e. The van der Waals surface area contributed by atoms with Crippen LogP contribution in [0.2, 0.25) is 0 Å². The lowest BCUT2D eigenvalue weighted by atomic mass is 9.99. The van der Waals surface area contributed by atoms with Crippen molar-refractivity contribution >= 4 is 71.5 Å². The number of nitrogens with one attached hydrogen (secondary N) is 2. The second-order valence-electron chi connectivity index (χ2n) is 12.9. The zero-order chi connectivity index (χ0) is 39.0. The van der Waals surface area contributed by atoms with Gasteiger partial charge in [-0.05, 0) is 66.0 Å². The normalized spacial score (nSPS) is 16.8. The fourth-order valence-electron chi connectivity index (χ4n) is 6.64. The quantitative estimate of drug-likeness (QED) is 0.166. The molecule has 2 aliphatic heterocycles. The van der Waals surface area contributed by atoms with Crippen molar-refractivity contribution in [2.24, 2.45) is 0 Å². The average molecular weight is 848 g/mol. The number of piperidine rings is 1. The molecule has 54 heavy (non-hydrogen) atoms. The maximum atomic E-state index is 13.8. The number of aromatic nitrogens is 4. The topological polar surface area (TPSA) is 132 Å². The van der Waals surface area contributed by atoms with Crippen molar-refractivity contribution in [1.29, 1.82) is 0 Å². The second kappa shape index (κ2) is 15.5. The van der Waals surface area contributed by atoms with Crippen LogP contribution in [0.4, 0.5) is 60.9 Å². The molecule has 2 N–H and O–H groups in total. The van der Waals surface area contributed by atoms with Crippen molar-refractivity contribution < 1.29 is 39.5 Å². The molecule has 0 bridgehead atoms. The lowest BCUT2D eigenvalue weighted by Gasteiger charge is -2.43. The van der Waals surface area contributed by atoms with Crippen LogP contribution in [0.5, 0.6) is 5.75 Å². The molecule has 2 fully saturated rings. The number of hydrogen-bond acceptors (Lipinski definition) is 12. The summed E-state index contributed by atoms with van der Waals surface area (Å²) in [5.74, 6) is -0.774. The number of halogens is 7. The number of alkyl halides is 6. The van der Waals surface area contributed by atoms with Gasteiger partial charge in [0.2, 0.25) is 5.95 Å². The number of sulfonamides is 1. The Hall–Kier alpha value is -4.21. The van der Waals surface area contributed by atoms with Crippen LogP contribution < -0.4 is 24.6 Å². The van der Waals surface area contributed by atoms with E-state index in [1.165, 1.54) is 36.8 Å². The maximum Gasteiger partial charge on any atom is 0.573 e. The number of rotatable bonds is 10. The number of ether oxygens (including phenoxy) is 1. The molecule has 13 nitrogen and oxygen atoms in total. The number of fused-ring (bicyclic) bond motifs is 1. The molecule has 4 heterocycles. The van der Waals surface area contributed by atoms with E-state index in [9.17, 15) is 34.8 Å². The molecule has 6 rings (SSSR count). The zero-order valence-electron chi connectivity index (χ0n) is 29.3. The standard InChI is InChI=1S/C33H37BrF6N10O3S/c1-4-20-17-25(27(53-32(35,36)37)18-26(20)50-11-7-21(8-12-50)49-15-13-47(2)14-16-49)45-31-43-19-22(34)30(46-31)44-24-6-5-23-28(42-10-9-41-23)29(24)48(3)54(51,52)33(38,39)40/h5-6,9-10,17-19,21H,4,7-8,11-16H2,1-3H3,(H2,43,44,45,46). The first-order chi connectivity index (χ1) is 25.4. The van der Waals surface area contributed by atoms with E-state index in [1.807, 2.05) is 6.92 Å². The first-order valence-electron chi connectivity index (χ1n) is 16.9. The predicted octanol–water partition coefficient (Wildman–Crippen LogP) is 6.63. The lowest BCUT2D eigenvalue weighted by Crippen LogP contribution is -2.52. The minimum absolute atomic E-state index is 0.0457. The molecule has 2 aliphatic rings. The van der Waals surface area contributed by atoms with E-state index in [2.05, 4.69) is 73.0 Å². The third kappa shape index (κ3) is 8.52. The Bertz CT molecular complexity index is 2090. The first kappa shape index (κ1) is 39.5. The van der Waals surface area contributed by atoms with Crippen LogP contribution in [-0.4, -0.2) is 109 Å². The minimum Gasteiger partial charge on any atom is -0.403 e. The SMILES string of the molecule is CCc1cc(Nc2ncc(Br)c(Nc3ccc4nccnc4c3N(C)S(=O)(=O)C(F)(F)F)n2)c(OC(F)(F)F)cc1N1CCC(N2CCN(C)CC2)CC1. The van der Waals surface area contributed by atoms with Crippen LogP contribution in [0.1, 0.15) is 25.3 Å². The summed E-state index contributed by atoms with van der Waals surface area (Å²) in [6, 6.07) is 6.03. The fraction of sp³-hybridized carbons (Fsp3) is 0.455. The molecule has 0 spiro atoms. The van der Waals surface area contributed by atoms with Gasteiger partial charge in [0.25, 0.3) is 0 Å². The molecule has 2 aromatic carbocycles. The highest BCUT2D eigenvalue weighted by molar-refractivity contribution is 9.10. The van der Waals surface area contributed by atoms with Gasteiger partial charge in [0.05, 0.1) is 21.4 Å². The summed E-state index contributed by atoms with van der Waals surface area (Å²) < 4.78 is 112. The minimum atomic E-state index is -5.89. The number of likely N-dealkylation sites (N-methyl/N-ethyl adjacent to an activating group) is 1. The summed E-state index contributed by atoms with van der Waals surface area (Å²) >= 11 is 3.28. The van der Waals surface area contributed by atoms with Gasteiger partial charge in [-0.25, -0.2) is 4.98 Å². The predicted molar refractivity (Wildman–Crippen MR) is 196 cm³/mol. The summed E-state index contributed by atoms with van der Waals surface area (Å²) in [5, 5.41) is 5.62. The van der Waals surface area contributed by atoms with Gasteiger partial charge in [0.15, 0.2) is 5.75 Å². The van der Waals surface area contributed by atoms with E-state index in [4.69, 9.17) is 0 Å². The summed E-state index contributed by atoms with van der Waals surface area (Å²) in [5.41, 5.74) is -5.01. The van der Waals surface area contributed by atoms with Gasteiger partial charge in [-0.2, -0.15) is 26.6 Å². The van der Waals surface area contributed by atoms with Crippen LogP contribution in [-0.2, 0) is 16.4 Å². The Morgan fingerprint density at radius 3 is 2.28 bits per heavy atom. The molecule has 0 amide bonds. The fourth-order valence-corrected chi connectivity index (χ4v) is 7.66. The number of aryl methyl sites for hydroxylation is 1. The molecule has 4 aromatic rings. The Kier molecular flexibility index (Phi) is 11.3. The lowest BCUT2D eigenvalue weighted by molar-refractivity contribution is -0.274. The van der Waals surface area contributed by atoms with Gasteiger partial charge in [-0.3, -0.25) is 19.2 Å². The number of piperazine rings is 1.